The van der Waals surface area contributed by atoms with Crippen LogP contribution in [0.25, 0.3) is 0 Å². The number of nitrogens with zero attached hydrogens (tertiary/aromatic N) is 1. The van der Waals surface area contributed by atoms with Gasteiger partial charge in [-0.25, -0.2) is 8.42 Å². The Balaban J connectivity index is 2.21. The van der Waals surface area contributed by atoms with Gasteiger partial charge in [0.15, 0.2) is 0 Å². The summed E-state index contributed by atoms with van der Waals surface area (Å²) in [5, 5.41) is 0. The molecule has 1 fully saturated rings. The van der Waals surface area contributed by atoms with Crippen LogP contribution in [0.1, 0.15) is 25.8 Å². The van der Waals surface area contributed by atoms with Gasteiger partial charge in [0, 0.05) is 13.1 Å². The first-order chi connectivity index (χ1) is 11.3. The Hall–Kier alpha value is -1.44. The SMILES string of the molecule is CC[C@@H](C)[C@H](NS(=O)(=O)c1ccc(C)cc1)C(=O)N1CCOCC1. The van der Waals surface area contributed by atoms with Crippen LogP contribution in [0.2, 0.25) is 0 Å². The van der Waals surface area contributed by atoms with Crippen LogP contribution in [-0.4, -0.2) is 51.6 Å². The average Bonchev–Trinajstić information content (AvgIpc) is 2.59. The number of carbonyl (C=O) groups is 1. The summed E-state index contributed by atoms with van der Waals surface area (Å²) in [6.45, 7) is 7.71. The van der Waals surface area contributed by atoms with E-state index in [1.807, 2.05) is 20.8 Å². The number of hydrogen-bond donors (Lipinski definition) is 1. The van der Waals surface area contributed by atoms with Crippen LogP contribution >= 0.6 is 0 Å². The molecule has 0 radical (unpaired) electrons. The lowest BCUT2D eigenvalue weighted by molar-refractivity contribution is -0.138. The molecular formula is C17H26N2O4S. The van der Waals surface area contributed by atoms with E-state index < -0.39 is 16.1 Å². The Bertz CT molecular complexity index is 652. The second-order valence-corrected chi connectivity index (χ2v) is 7.95. The minimum Gasteiger partial charge on any atom is -0.378 e. The Morgan fingerprint density at radius 1 is 1.25 bits per heavy atom. The van der Waals surface area contributed by atoms with Crippen LogP contribution in [0.15, 0.2) is 29.2 Å². The predicted molar refractivity (Wildman–Crippen MR) is 92.1 cm³/mol. The molecule has 1 aliphatic rings. The zero-order chi connectivity index (χ0) is 17.7. The highest BCUT2D eigenvalue weighted by Gasteiger charge is 2.33. The maximum atomic E-state index is 12.8. The van der Waals surface area contributed by atoms with E-state index >= 15 is 0 Å². The second kappa shape index (κ2) is 8.09. The summed E-state index contributed by atoms with van der Waals surface area (Å²) in [7, 11) is -3.74. The van der Waals surface area contributed by atoms with Gasteiger partial charge < -0.3 is 9.64 Å². The smallest absolute Gasteiger partial charge is 0.241 e. The van der Waals surface area contributed by atoms with E-state index in [1.54, 1.807) is 29.2 Å². The molecule has 7 heteroatoms. The minimum absolute atomic E-state index is 0.0967. The highest BCUT2D eigenvalue weighted by Crippen LogP contribution is 2.17. The molecule has 24 heavy (non-hydrogen) atoms. The summed E-state index contributed by atoms with van der Waals surface area (Å²) < 4.78 is 33.2. The quantitative estimate of drug-likeness (QED) is 0.841. The number of hydrogen-bond acceptors (Lipinski definition) is 4. The fourth-order valence-electron chi connectivity index (χ4n) is 2.58. The molecule has 0 aromatic heterocycles. The van der Waals surface area contributed by atoms with Crippen molar-refractivity contribution in [1.82, 2.24) is 9.62 Å². The summed E-state index contributed by atoms with van der Waals surface area (Å²) in [6.07, 6.45) is 0.706. The fraction of sp³-hybridized carbons (Fsp3) is 0.588. The third kappa shape index (κ3) is 4.55. The van der Waals surface area contributed by atoms with Crippen molar-refractivity contribution in [3.63, 3.8) is 0 Å². The normalized spacial score (nSPS) is 18.2. The lowest BCUT2D eigenvalue weighted by atomic mass is 9.99. The van der Waals surface area contributed by atoms with Gasteiger partial charge in [0.1, 0.15) is 6.04 Å². The van der Waals surface area contributed by atoms with Crippen molar-refractivity contribution >= 4 is 15.9 Å². The van der Waals surface area contributed by atoms with Crippen molar-refractivity contribution in [3.8, 4) is 0 Å². The van der Waals surface area contributed by atoms with E-state index in [2.05, 4.69) is 4.72 Å². The molecule has 0 unspecified atom stereocenters. The Morgan fingerprint density at radius 2 is 1.83 bits per heavy atom. The fourth-order valence-corrected chi connectivity index (χ4v) is 3.88. The van der Waals surface area contributed by atoms with Gasteiger partial charge in [-0.05, 0) is 25.0 Å². The number of amides is 1. The molecule has 134 valence electrons. The summed E-state index contributed by atoms with van der Waals surface area (Å²) in [6, 6.07) is 5.85. The lowest BCUT2D eigenvalue weighted by Crippen LogP contribution is -2.54. The average molecular weight is 354 g/mol. The Labute approximate surface area is 144 Å². The zero-order valence-electron chi connectivity index (χ0n) is 14.5. The predicted octanol–water partition coefficient (Wildman–Crippen LogP) is 1.55. The molecule has 1 aromatic carbocycles. The zero-order valence-corrected chi connectivity index (χ0v) is 15.3. The van der Waals surface area contributed by atoms with Gasteiger partial charge in [-0.1, -0.05) is 38.0 Å². The standard InChI is InChI=1S/C17H26N2O4S/c1-4-14(3)16(17(20)19-9-11-23-12-10-19)18-24(21,22)15-7-5-13(2)6-8-15/h5-8,14,16,18H,4,9-12H2,1-3H3/t14-,16+/m1/s1. The van der Waals surface area contributed by atoms with E-state index in [0.717, 1.165) is 5.56 Å². The van der Waals surface area contributed by atoms with Gasteiger partial charge >= 0.3 is 0 Å². The number of carbonyl (C=O) groups excluding carboxylic acids is 1. The van der Waals surface area contributed by atoms with Crippen LogP contribution in [0.3, 0.4) is 0 Å². The van der Waals surface area contributed by atoms with Gasteiger partial charge in [-0.2, -0.15) is 4.72 Å². The van der Waals surface area contributed by atoms with Gasteiger partial charge in [-0.3, -0.25) is 4.79 Å². The Kier molecular flexibility index (Phi) is 6.37. The lowest BCUT2D eigenvalue weighted by Gasteiger charge is -2.32. The highest BCUT2D eigenvalue weighted by atomic mass is 32.2. The molecule has 0 aliphatic carbocycles. The summed E-state index contributed by atoms with van der Waals surface area (Å²) in [4.78, 5) is 14.7. The van der Waals surface area contributed by atoms with Gasteiger partial charge in [0.25, 0.3) is 0 Å². The van der Waals surface area contributed by atoms with Gasteiger partial charge in [0.05, 0.1) is 18.1 Å². The van der Waals surface area contributed by atoms with Crippen LogP contribution in [0.5, 0.6) is 0 Å². The summed E-state index contributed by atoms with van der Waals surface area (Å²) >= 11 is 0. The summed E-state index contributed by atoms with van der Waals surface area (Å²) in [5.41, 5.74) is 0.983. The summed E-state index contributed by atoms with van der Waals surface area (Å²) in [5.74, 6) is -0.274. The Morgan fingerprint density at radius 3 is 2.38 bits per heavy atom. The molecule has 2 rings (SSSR count). The third-order valence-electron chi connectivity index (χ3n) is 4.42. The van der Waals surface area contributed by atoms with Crippen molar-refractivity contribution in [1.29, 1.82) is 0 Å². The van der Waals surface area contributed by atoms with Crippen LogP contribution in [-0.2, 0) is 19.6 Å². The third-order valence-corrected chi connectivity index (χ3v) is 5.87. The van der Waals surface area contributed by atoms with Gasteiger partial charge in [0.2, 0.25) is 15.9 Å². The highest BCUT2D eigenvalue weighted by molar-refractivity contribution is 7.89. The molecular weight excluding hydrogens is 328 g/mol. The number of benzene rings is 1. The minimum atomic E-state index is -3.74. The van der Waals surface area contributed by atoms with Gasteiger partial charge in [-0.15, -0.1) is 0 Å². The topological polar surface area (TPSA) is 75.7 Å². The number of nitrogens with one attached hydrogen (secondary N) is 1. The number of ether oxygens (including phenoxy) is 1. The molecule has 1 N–H and O–H groups in total. The van der Waals surface area contributed by atoms with E-state index in [4.69, 9.17) is 4.74 Å². The molecule has 0 saturated carbocycles. The van der Waals surface area contributed by atoms with Crippen LogP contribution < -0.4 is 4.72 Å². The molecule has 1 amide bonds. The first-order valence-corrected chi connectivity index (χ1v) is 9.79. The monoisotopic (exact) mass is 354 g/mol. The van der Waals surface area contributed by atoms with Crippen LogP contribution in [0.4, 0.5) is 0 Å². The second-order valence-electron chi connectivity index (χ2n) is 6.24. The van der Waals surface area contributed by atoms with Crippen molar-refractivity contribution in [2.24, 2.45) is 5.92 Å². The molecule has 2 atom stereocenters. The molecule has 6 nitrogen and oxygen atoms in total. The molecule has 0 spiro atoms. The van der Waals surface area contributed by atoms with E-state index in [1.165, 1.54) is 0 Å². The molecule has 1 heterocycles. The first-order valence-electron chi connectivity index (χ1n) is 8.30. The molecule has 1 saturated heterocycles. The number of morpholine rings is 1. The van der Waals surface area contributed by atoms with Crippen molar-refractivity contribution in [2.75, 3.05) is 26.3 Å². The van der Waals surface area contributed by atoms with E-state index in [-0.39, 0.29) is 16.7 Å². The van der Waals surface area contributed by atoms with Crippen molar-refractivity contribution < 1.29 is 17.9 Å². The number of rotatable bonds is 6. The first kappa shape index (κ1) is 18.9. The molecule has 1 aromatic rings. The van der Waals surface area contributed by atoms with E-state index in [9.17, 15) is 13.2 Å². The number of sulfonamides is 1. The number of aryl methyl sites for hydroxylation is 1. The van der Waals surface area contributed by atoms with Crippen LogP contribution in [0, 0.1) is 12.8 Å². The maximum absolute atomic E-state index is 12.8. The largest absolute Gasteiger partial charge is 0.378 e. The molecule has 0 bridgehead atoms. The van der Waals surface area contributed by atoms with Crippen molar-refractivity contribution in [3.05, 3.63) is 29.8 Å². The van der Waals surface area contributed by atoms with E-state index in [0.29, 0.717) is 32.7 Å². The van der Waals surface area contributed by atoms with Crippen molar-refractivity contribution in [2.45, 2.75) is 38.1 Å². The molecule has 1 aliphatic heterocycles. The maximum Gasteiger partial charge on any atom is 0.241 e.